The van der Waals surface area contributed by atoms with Gasteiger partial charge in [-0.1, -0.05) is 48.0 Å². The summed E-state index contributed by atoms with van der Waals surface area (Å²) in [6, 6.07) is 15.8. The molecule has 2 aromatic carbocycles. The highest BCUT2D eigenvalue weighted by Crippen LogP contribution is 2.34. The zero-order valence-electron chi connectivity index (χ0n) is 20.6. The summed E-state index contributed by atoms with van der Waals surface area (Å²) in [6.07, 6.45) is 0.935. The minimum absolute atomic E-state index is 0.202. The number of fused-ring (bicyclic) bond motifs is 1. The first-order chi connectivity index (χ1) is 17.0. The summed E-state index contributed by atoms with van der Waals surface area (Å²) in [5.74, 6) is -0.670. The van der Waals surface area contributed by atoms with Crippen molar-refractivity contribution in [2.45, 2.75) is 45.8 Å². The number of halogens is 1. The van der Waals surface area contributed by atoms with Gasteiger partial charge in [0, 0.05) is 17.4 Å². The molecular weight excluding hydrogens is 478 g/mol. The van der Waals surface area contributed by atoms with Gasteiger partial charge >= 0.3 is 6.09 Å². The highest BCUT2D eigenvalue weighted by molar-refractivity contribution is 6.32. The second kappa shape index (κ2) is 9.99. The lowest BCUT2D eigenvalue weighted by atomic mass is 10.0. The molecule has 0 aliphatic carbocycles. The summed E-state index contributed by atoms with van der Waals surface area (Å²) in [7, 11) is 0. The molecule has 2 heterocycles. The summed E-state index contributed by atoms with van der Waals surface area (Å²) in [6.45, 7) is 7.18. The summed E-state index contributed by atoms with van der Waals surface area (Å²) in [5, 5.41) is 8.42. The van der Waals surface area contributed by atoms with Crippen LogP contribution in [0.5, 0.6) is 0 Å². The van der Waals surface area contributed by atoms with Crippen LogP contribution in [0.15, 0.2) is 60.8 Å². The maximum Gasteiger partial charge on any atom is 0.415 e. The Bertz CT molecular complexity index is 1410. The number of anilines is 1. The van der Waals surface area contributed by atoms with Crippen molar-refractivity contribution in [3.63, 3.8) is 0 Å². The van der Waals surface area contributed by atoms with E-state index in [4.69, 9.17) is 22.1 Å². The van der Waals surface area contributed by atoms with E-state index in [1.165, 1.54) is 11.1 Å². The number of aryl methyl sites for hydroxylation is 1. The van der Waals surface area contributed by atoms with Crippen molar-refractivity contribution in [2.24, 2.45) is 5.73 Å². The number of aromatic amines is 1. The number of carbonyl (C=O) groups excluding carboxylic acids is 2. The van der Waals surface area contributed by atoms with Gasteiger partial charge < -0.3 is 10.5 Å². The Balaban J connectivity index is 1.82. The van der Waals surface area contributed by atoms with Crippen LogP contribution in [0.2, 0.25) is 5.15 Å². The highest BCUT2D eigenvalue weighted by Gasteiger charge is 2.34. The first-order valence-corrected chi connectivity index (χ1v) is 11.9. The van der Waals surface area contributed by atoms with Crippen molar-refractivity contribution in [1.82, 2.24) is 15.2 Å². The molecule has 0 fully saturated rings. The molecule has 8 nitrogen and oxygen atoms in total. The second-order valence-electron chi connectivity index (χ2n) is 9.56. The number of primary amides is 1. The molecule has 0 aliphatic heterocycles. The van der Waals surface area contributed by atoms with Crippen LogP contribution in [-0.2, 0) is 16.0 Å². The molecule has 0 radical (unpaired) electrons. The average molecular weight is 506 g/mol. The number of H-pyrrole nitrogens is 1. The number of ether oxygens (including phenoxy) is 1. The van der Waals surface area contributed by atoms with Crippen LogP contribution in [0.1, 0.15) is 32.0 Å². The number of nitrogens with one attached hydrogen (secondary N) is 1. The van der Waals surface area contributed by atoms with Gasteiger partial charge in [-0.15, -0.1) is 0 Å². The summed E-state index contributed by atoms with van der Waals surface area (Å²) >= 11 is 6.50. The molecule has 9 heteroatoms. The van der Waals surface area contributed by atoms with Crippen LogP contribution in [0, 0.1) is 6.92 Å². The smallest absolute Gasteiger partial charge is 0.415 e. The molecular formula is C27H28ClN5O3. The third kappa shape index (κ3) is 5.49. The molecule has 3 N–H and O–H groups in total. The van der Waals surface area contributed by atoms with Gasteiger partial charge in [-0.3, -0.25) is 14.8 Å². The van der Waals surface area contributed by atoms with Gasteiger partial charge in [0.05, 0.1) is 23.1 Å². The number of nitrogens with zero attached hydrogens (tertiary/aromatic N) is 3. The predicted octanol–water partition coefficient (Wildman–Crippen LogP) is 5.42. The topological polar surface area (TPSA) is 114 Å². The number of carbonyl (C=O) groups is 2. The number of amides is 2. The number of hydrogen-bond donors (Lipinski definition) is 2. The van der Waals surface area contributed by atoms with Gasteiger partial charge in [0.1, 0.15) is 16.8 Å². The third-order valence-corrected chi connectivity index (χ3v) is 5.97. The Hall–Kier alpha value is -3.91. The predicted molar refractivity (Wildman–Crippen MR) is 141 cm³/mol. The van der Waals surface area contributed by atoms with Crippen molar-refractivity contribution in [1.29, 1.82) is 0 Å². The fourth-order valence-corrected chi connectivity index (χ4v) is 4.18. The van der Waals surface area contributed by atoms with Crippen LogP contribution in [0.4, 0.5) is 10.5 Å². The van der Waals surface area contributed by atoms with Crippen molar-refractivity contribution in [2.75, 3.05) is 4.90 Å². The lowest BCUT2D eigenvalue weighted by Gasteiger charge is -2.32. The fraction of sp³-hybridized carbons (Fsp3) is 0.259. The van der Waals surface area contributed by atoms with E-state index >= 15 is 0 Å². The molecule has 0 unspecified atom stereocenters. The van der Waals surface area contributed by atoms with Crippen LogP contribution < -0.4 is 10.6 Å². The largest absolute Gasteiger partial charge is 0.443 e. The van der Waals surface area contributed by atoms with Crippen LogP contribution >= 0.6 is 11.6 Å². The first kappa shape index (κ1) is 25.2. The van der Waals surface area contributed by atoms with E-state index in [0.717, 1.165) is 27.7 Å². The zero-order chi connectivity index (χ0) is 26.0. The molecule has 0 saturated carbocycles. The molecule has 186 valence electrons. The van der Waals surface area contributed by atoms with Gasteiger partial charge in [-0.25, -0.2) is 9.78 Å². The Labute approximate surface area is 214 Å². The van der Waals surface area contributed by atoms with Gasteiger partial charge in [-0.05, 0) is 57.0 Å². The zero-order valence-corrected chi connectivity index (χ0v) is 21.3. The van der Waals surface area contributed by atoms with Gasteiger partial charge in [0.2, 0.25) is 5.91 Å². The first-order valence-electron chi connectivity index (χ1n) is 11.5. The van der Waals surface area contributed by atoms with Gasteiger partial charge in [-0.2, -0.15) is 5.10 Å². The molecule has 2 aromatic heterocycles. The fourth-order valence-electron chi connectivity index (χ4n) is 3.96. The Morgan fingerprint density at radius 2 is 1.86 bits per heavy atom. The average Bonchev–Trinajstić information content (AvgIpc) is 3.19. The standard InChI is InChI=1S/C27H28ClN5O3/c1-16-20-13-18(10-11-22(20)32-31-16)21-14-19(15-30-24(21)28)33(26(35)36-27(2,3)4)23(25(29)34)12-17-8-6-5-7-9-17/h5-11,13-15,23H,12H2,1-4H3,(H2,29,34)(H,31,32)/t23-/m0/s1. The van der Waals surface area contributed by atoms with Gasteiger partial charge in [0.15, 0.2) is 0 Å². The minimum atomic E-state index is -1.02. The van der Waals surface area contributed by atoms with E-state index in [0.29, 0.717) is 11.3 Å². The van der Waals surface area contributed by atoms with Crippen LogP contribution in [-0.4, -0.2) is 38.8 Å². The van der Waals surface area contributed by atoms with E-state index in [9.17, 15) is 9.59 Å². The lowest BCUT2D eigenvalue weighted by Crippen LogP contribution is -2.51. The van der Waals surface area contributed by atoms with E-state index in [1.807, 2.05) is 55.5 Å². The van der Waals surface area contributed by atoms with Crippen molar-refractivity contribution < 1.29 is 14.3 Å². The molecule has 1 atom stereocenters. The molecule has 0 saturated heterocycles. The number of pyridine rings is 1. The Morgan fingerprint density at radius 3 is 2.53 bits per heavy atom. The molecule has 4 aromatic rings. The van der Waals surface area contributed by atoms with Crippen molar-refractivity contribution >= 4 is 40.2 Å². The Kier molecular flexibility index (Phi) is 6.99. The third-order valence-electron chi connectivity index (χ3n) is 5.67. The number of aromatic nitrogens is 3. The summed E-state index contributed by atoms with van der Waals surface area (Å²) in [4.78, 5) is 31.7. The summed E-state index contributed by atoms with van der Waals surface area (Å²) in [5.41, 5.74) is 9.33. The maximum absolute atomic E-state index is 13.4. The molecule has 36 heavy (non-hydrogen) atoms. The van der Waals surface area contributed by atoms with E-state index < -0.39 is 23.6 Å². The number of rotatable bonds is 6. The SMILES string of the molecule is Cc1n[nH]c2ccc(-c3cc(N(C(=O)OC(C)(C)C)[C@@H](Cc4ccccc4)C(N)=O)cnc3Cl)cc12. The molecule has 4 rings (SSSR count). The van der Waals surface area contributed by atoms with Crippen LogP contribution in [0.3, 0.4) is 0 Å². The van der Waals surface area contributed by atoms with Crippen LogP contribution in [0.25, 0.3) is 22.0 Å². The molecule has 0 bridgehead atoms. The molecule has 0 spiro atoms. The lowest BCUT2D eigenvalue weighted by molar-refractivity contribution is -0.119. The number of benzene rings is 2. The quantitative estimate of drug-likeness (QED) is 0.339. The van der Waals surface area contributed by atoms with Crippen molar-refractivity contribution in [3.05, 3.63) is 77.2 Å². The van der Waals surface area contributed by atoms with Crippen molar-refractivity contribution in [3.8, 4) is 11.1 Å². The highest BCUT2D eigenvalue weighted by atomic mass is 35.5. The second-order valence-corrected chi connectivity index (χ2v) is 9.92. The number of hydrogen-bond acceptors (Lipinski definition) is 5. The molecule has 0 aliphatic rings. The van der Waals surface area contributed by atoms with Gasteiger partial charge in [0.25, 0.3) is 0 Å². The van der Waals surface area contributed by atoms with E-state index in [2.05, 4.69) is 15.2 Å². The molecule has 2 amide bonds. The monoisotopic (exact) mass is 505 g/mol. The normalized spacial score (nSPS) is 12.4. The maximum atomic E-state index is 13.4. The minimum Gasteiger partial charge on any atom is -0.443 e. The van der Waals surface area contributed by atoms with E-state index in [1.54, 1.807) is 26.8 Å². The summed E-state index contributed by atoms with van der Waals surface area (Å²) < 4.78 is 5.67. The number of nitrogens with two attached hydrogens (primary N) is 1. The Morgan fingerprint density at radius 1 is 1.14 bits per heavy atom. The van der Waals surface area contributed by atoms with E-state index in [-0.39, 0.29) is 11.6 Å².